The molecule has 0 aromatic heterocycles. The van der Waals surface area contributed by atoms with Crippen LogP contribution < -0.4 is 20.1 Å². The smallest absolute Gasteiger partial charge is 0.319 e. The van der Waals surface area contributed by atoms with Gasteiger partial charge in [0.05, 0.1) is 23.9 Å². The third-order valence-electron chi connectivity index (χ3n) is 4.35. The van der Waals surface area contributed by atoms with Gasteiger partial charge in [0.1, 0.15) is 0 Å². The zero-order valence-corrected chi connectivity index (χ0v) is 15.4. The van der Waals surface area contributed by atoms with Crippen LogP contribution in [0.25, 0.3) is 10.8 Å². The maximum Gasteiger partial charge on any atom is 0.319 e. The van der Waals surface area contributed by atoms with E-state index in [1.165, 1.54) is 0 Å². The Morgan fingerprint density at radius 3 is 2.78 bits per heavy atom. The molecule has 1 aliphatic heterocycles. The second-order valence-electron chi connectivity index (χ2n) is 6.29. The summed E-state index contributed by atoms with van der Waals surface area (Å²) in [6.45, 7) is 1.49. The minimum Gasteiger partial charge on any atom is -0.489 e. The van der Waals surface area contributed by atoms with Gasteiger partial charge in [-0.15, -0.1) is 0 Å². The number of nitrogens with one attached hydrogen (secondary N) is 2. The van der Waals surface area contributed by atoms with Crippen LogP contribution in [-0.4, -0.2) is 19.2 Å². The molecule has 6 heteroatoms. The van der Waals surface area contributed by atoms with Gasteiger partial charge in [-0.3, -0.25) is 0 Å². The van der Waals surface area contributed by atoms with E-state index >= 15 is 0 Å². The highest BCUT2D eigenvalue weighted by Crippen LogP contribution is 2.38. The summed E-state index contributed by atoms with van der Waals surface area (Å²) in [7, 11) is 0. The molecule has 27 heavy (non-hydrogen) atoms. The van der Waals surface area contributed by atoms with E-state index in [-0.39, 0.29) is 6.03 Å². The Hall–Kier alpha value is -2.92. The quantitative estimate of drug-likeness (QED) is 0.671. The molecule has 0 saturated heterocycles. The SMILES string of the molecule is O=C(NCc1cc(Cl)c2c(c1)OCCCO2)Nc1cccc2ccccc12. The largest absolute Gasteiger partial charge is 0.489 e. The van der Waals surface area contributed by atoms with Crippen LogP contribution in [0.4, 0.5) is 10.5 Å². The van der Waals surface area contributed by atoms with E-state index in [0.717, 1.165) is 28.4 Å². The first-order chi connectivity index (χ1) is 13.2. The van der Waals surface area contributed by atoms with Gasteiger partial charge in [-0.2, -0.15) is 0 Å². The van der Waals surface area contributed by atoms with Gasteiger partial charge in [0.2, 0.25) is 0 Å². The molecular formula is C21H19ClN2O3. The molecule has 2 N–H and O–H groups in total. The first-order valence-corrected chi connectivity index (χ1v) is 9.19. The number of urea groups is 1. The number of anilines is 1. The maximum absolute atomic E-state index is 12.3. The average molecular weight is 383 g/mol. The van der Waals surface area contributed by atoms with E-state index in [1.807, 2.05) is 48.5 Å². The topological polar surface area (TPSA) is 59.6 Å². The summed E-state index contributed by atoms with van der Waals surface area (Å²) in [6, 6.07) is 17.1. The fraction of sp³-hybridized carbons (Fsp3) is 0.190. The molecule has 3 aromatic rings. The zero-order valence-electron chi connectivity index (χ0n) is 14.6. The molecule has 1 heterocycles. The fourth-order valence-corrected chi connectivity index (χ4v) is 3.36. The van der Waals surface area contributed by atoms with Crippen LogP contribution in [0.2, 0.25) is 5.02 Å². The van der Waals surface area contributed by atoms with Crippen LogP contribution in [0.3, 0.4) is 0 Å². The van der Waals surface area contributed by atoms with E-state index < -0.39 is 0 Å². The van der Waals surface area contributed by atoms with Crippen molar-refractivity contribution in [1.82, 2.24) is 5.32 Å². The first kappa shape index (κ1) is 17.5. The Morgan fingerprint density at radius 2 is 1.85 bits per heavy atom. The summed E-state index contributed by atoms with van der Waals surface area (Å²) in [6.07, 6.45) is 0.812. The highest BCUT2D eigenvalue weighted by Gasteiger charge is 2.16. The molecule has 0 aliphatic carbocycles. The molecule has 0 unspecified atom stereocenters. The second kappa shape index (κ2) is 7.76. The summed E-state index contributed by atoms with van der Waals surface area (Å²) < 4.78 is 11.3. The highest BCUT2D eigenvalue weighted by atomic mass is 35.5. The third-order valence-corrected chi connectivity index (χ3v) is 4.63. The summed E-state index contributed by atoms with van der Waals surface area (Å²) >= 11 is 6.30. The van der Waals surface area contributed by atoms with Gasteiger partial charge in [-0.25, -0.2) is 4.79 Å². The maximum atomic E-state index is 12.3. The minimum absolute atomic E-state index is 0.283. The monoisotopic (exact) mass is 382 g/mol. The molecule has 0 bridgehead atoms. The molecule has 1 aliphatic rings. The molecule has 0 radical (unpaired) electrons. The van der Waals surface area contributed by atoms with Gasteiger partial charge in [-0.1, -0.05) is 48.0 Å². The number of carbonyl (C=O) groups is 1. The van der Waals surface area contributed by atoms with Crippen molar-refractivity contribution in [1.29, 1.82) is 0 Å². The molecule has 0 atom stereocenters. The molecule has 5 nitrogen and oxygen atoms in total. The van der Waals surface area contributed by atoms with Crippen molar-refractivity contribution in [2.75, 3.05) is 18.5 Å². The van der Waals surface area contributed by atoms with Crippen molar-refractivity contribution in [3.63, 3.8) is 0 Å². The predicted molar refractivity (Wildman–Crippen MR) is 107 cm³/mol. The molecule has 3 aromatic carbocycles. The number of fused-ring (bicyclic) bond motifs is 2. The Kier molecular flexibility index (Phi) is 5.03. The van der Waals surface area contributed by atoms with Crippen molar-refractivity contribution in [3.8, 4) is 11.5 Å². The van der Waals surface area contributed by atoms with Crippen molar-refractivity contribution in [2.24, 2.45) is 0 Å². The number of ether oxygens (including phenoxy) is 2. The van der Waals surface area contributed by atoms with E-state index in [1.54, 1.807) is 6.07 Å². The average Bonchev–Trinajstić information content (AvgIpc) is 2.93. The number of rotatable bonds is 3. The van der Waals surface area contributed by atoms with Crippen LogP contribution >= 0.6 is 11.6 Å². The molecule has 0 spiro atoms. The second-order valence-corrected chi connectivity index (χ2v) is 6.70. The summed E-state index contributed by atoms with van der Waals surface area (Å²) in [5.41, 5.74) is 1.61. The molecular weight excluding hydrogens is 364 g/mol. The lowest BCUT2D eigenvalue weighted by atomic mass is 10.1. The van der Waals surface area contributed by atoms with Crippen LogP contribution in [0, 0.1) is 0 Å². The van der Waals surface area contributed by atoms with E-state index in [9.17, 15) is 4.79 Å². The third kappa shape index (κ3) is 3.93. The number of hydrogen-bond donors (Lipinski definition) is 2. The van der Waals surface area contributed by atoms with Crippen molar-refractivity contribution < 1.29 is 14.3 Å². The van der Waals surface area contributed by atoms with Crippen molar-refractivity contribution in [2.45, 2.75) is 13.0 Å². The van der Waals surface area contributed by atoms with E-state index in [0.29, 0.717) is 36.3 Å². The molecule has 0 fully saturated rings. The first-order valence-electron chi connectivity index (χ1n) is 8.81. The van der Waals surface area contributed by atoms with Crippen molar-refractivity contribution in [3.05, 3.63) is 65.2 Å². The van der Waals surface area contributed by atoms with Crippen molar-refractivity contribution >= 4 is 34.1 Å². The van der Waals surface area contributed by atoms with Gasteiger partial charge in [0, 0.05) is 18.4 Å². The summed E-state index contributed by atoms with van der Waals surface area (Å²) in [4.78, 5) is 12.3. The number of benzene rings is 3. The molecule has 4 rings (SSSR count). The molecule has 0 saturated carbocycles. The van der Waals surface area contributed by atoms with Gasteiger partial charge >= 0.3 is 6.03 Å². The summed E-state index contributed by atoms with van der Waals surface area (Å²) in [5, 5.41) is 8.31. The number of carbonyl (C=O) groups excluding carboxylic acids is 1. The van der Waals surface area contributed by atoms with Crippen LogP contribution in [0.15, 0.2) is 54.6 Å². The van der Waals surface area contributed by atoms with Crippen LogP contribution in [-0.2, 0) is 6.54 Å². The zero-order chi connectivity index (χ0) is 18.6. The van der Waals surface area contributed by atoms with Gasteiger partial charge in [-0.05, 0) is 29.1 Å². The van der Waals surface area contributed by atoms with E-state index in [2.05, 4.69) is 10.6 Å². The number of hydrogen-bond acceptors (Lipinski definition) is 3. The molecule has 2 amide bonds. The van der Waals surface area contributed by atoms with Crippen LogP contribution in [0.1, 0.15) is 12.0 Å². The normalized spacial score (nSPS) is 13.1. The minimum atomic E-state index is -0.283. The lowest BCUT2D eigenvalue weighted by Gasteiger charge is -2.13. The lowest BCUT2D eigenvalue weighted by molar-refractivity contribution is 0.251. The fourth-order valence-electron chi connectivity index (χ4n) is 3.07. The highest BCUT2D eigenvalue weighted by molar-refractivity contribution is 6.32. The Labute approximate surface area is 162 Å². The lowest BCUT2D eigenvalue weighted by Crippen LogP contribution is -2.28. The number of halogens is 1. The van der Waals surface area contributed by atoms with Crippen LogP contribution in [0.5, 0.6) is 11.5 Å². The standard InChI is InChI=1S/C21H19ClN2O3/c22-17-11-14(12-19-20(17)27-10-4-9-26-19)13-23-21(25)24-18-8-3-6-15-5-1-2-7-16(15)18/h1-3,5-8,11-12H,4,9-10,13H2,(H2,23,24,25). The van der Waals surface area contributed by atoms with Gasteiger partial charge in [0.25, 0.3) is 0 Å². The van der Waals surface area contributed by atoms with Gasteiger partial charge < -0.3 is 20.1 Å². The number of amides is 2. The predicted octanol–water partition coefficient (Wildman–Crippen LogP) is 4.98. The molecule has 138 valence electrons. The van der Waals surface area contributed by atoms with E-state index in [4.69, 9.17) is 21.1 Å². The Balaban J connectivity index is 1.45. The summed E-state index contributed by atoms with van der Waals surface area (Å²) in [5.74, 6) is 1.18. The van der Waals surface area contributed by atoms with Gasteiger partial charge in [0.15, 0.2) is 11.5 Å². The Bertz CT molecular complexity index is 985. The Morgan fingerprint density at radius 1 is 1.04 bits per heavy atom.